The molecular formula is C20H24N2O6S2. The molecule has 1 aliphatic carbocycles. The van der Waals surface area contributed by atoms with E-state index in [0.29, 0.717) is 42.8 Å². The Balaban J connectivity index is 1.95. The third-order valence-electron chi connectivity index (χ3n) is 4.85. The number of nitrogen functional groups attached to an aromatic ring is 1. The zero-order valence-electron chi connectivity index (χ0n) is 16.7. The molecule has 0 aliphatic heterocycles. The van der Waals surface area contributed by atoms with E-state index in [-0.39, 0.29) is 27.1 Å². The molecule has 1 aromatic carbocycles. The van der Waals surface area contributed by atoms with Gasteiger partial charge in [0.05, 0.1) is 46.9 Å². The van der Waals surface area contributed by atoms with E-state index >= 15 is 0 Å². The van der Waals surface area contributed by atoms with E-state index < -0.39 is 21.8 Å². The Bertz CT molecular complexity index is 1040. The minimum absolute atomic E-state index is 0.103. The van der Waals surface area contributed by atoms with Gasteiger partial charge in [-0.25, -0.2) is 8.42 Å². The van der Waals surface area contributed by atoms with Gasteiger partial charge in [-0.3, -0.25) is 9.59 Å². The van der Waals surface area contributed by atoms with E-state index in [1.54, 1.807) is 18.2 Å². The van der Waals surface area contributed by atoms with E-state index in [0.717, 1.165) is 11.3 Å². The van der Waals surface area contributed by atoms with Crippen molar-refractivity contribution in [3.05, 3.63) is 40.3 Å². The standard InChI is InChI=1S/C20H24N2O6S2/c1-3-28-18-8-12(4-7-17(18)27-2)16(11-30(25,26)13-5-6-13)22-20(24)15-10-29-19(21)14(15)9-23/h4,7-10,13,16H,3,5-6,11,21H2,1-2H3,(H,22,24). The van der Waals surface area contributed by atoms with Crippen LogP contribution in [0, 0.1) is 0 Å². The summed E-state index contributed by atoms with van der Waals surface area (Å²) in [6.07, 6.45) is 1.79. The maximum Gasteiger partial charge on any atom is 0.253 e. The number of rotatable bonds is 10. The van der Waals surface area contributed by atoms with E-state index in [9.17, 15) is 18.0 Å². The Kier molecular flexibility index (Phi) is 6.67. The zero-order valence-corrected chi connectivity index (χ0v) is 18.3. The molecule has 3 rings (SSSR count). The Morgan fingerprint density at radius 1 is 1.37 bits per heavy atom. The number of aldehydes is 1. The van der Waals surface area contributed by atoms with E-state index in [4.69, 9.17) is 15.2 Å². The molecule has 1 atom stereocenters. The lowest BCUT2D eigenvalue weighted by Crippen LogP contribution is -2.34. The predicted molar refractivity (Wildman–Crippen MR) is 115 cm³/mol. The number of thiophene rings is 1. The molecular weight excluding hydrogens is 428 g/mol. The number of hydrogen-bond acceptors (Lipinski definition) is 8. The quantitative estimate of drug-likeness (QED) is 0.531. The first kappa shape index (κ1) is 22.1. The van der Waals surface area contributed by atoms with Crippen LogP contribution in [-0.2, 0) is 9.84 Å². The van der Waals surface area contributed by atoms with Gasteiger partial charge in [0.25, 0.3) is 5.91 Å². The fourth-order valence-electron chi connectivity index (χ4n) is 3.11. The number of nitrogens with one attached hydrogen (secondary N) is 1. The normalized spacial score (nSPS) is 14.7. The molecule has 2 aromatic rings. The molecule has 1 amide bonds. The average Bonchev–Trinajstić information content (AvgIpc) is 3.51. The Morgan fingerprint density at radius 3 is 2.70 bits per heavy atom. The SMILES string of the molecule is CCOc1cc(C(CS(=O)(=O)C2CC2)NC(=O)c2csc(N)c2C=O)ccc1OC. The predicted octanol–water partition coefficient (Wildman–Crippen LogP) is 2.60. The number of anilines is 1. The van der Waals surface area contributed by atoms with Gasteiger partial charge in [-0.15, -0.1) is 11.3 Å². The molecule has 1 fully saturated rings. The summed E-state index contributed by atoms with van der Waals surface area (Å²) in [5.74, 6) is 0.144. The van der Waals surface area contributed by atoms with Crippen molar-refractivity contribution in [1.82, 2.24) is 5.32 Å². The maximum atomic E-state index is 12.9. The topological polar surface area (TPSA) is 125 Å². The Labute approximate surface area is 179 Å². The average molecular weight is 453 g/mol. The van der Waals surface area contributed by atoms with Crippen molar-refractivity contribution in [3.63, 3.8) is 0 Å². The molecule has 1 aliphatic rings. The van der Waals surface area contributed by atoms with Gasteiger partial charge >= 0.3 is 0 Å². The van der Waals surface area contributed by atoms with Crippen molar-refractivity contribution in [3.8, 4) is 11.5 Å². The molecule has 1 heterocycles. The van der Waals surface area contributed by atoms with Gasteiger partial charge in [0.15, 0.2) is 27.6 Å². The zero-order chi connectivity index (χ0) is 21.9. The lowest BCUT2D eigenvalue weighted by atomic mass is 10.1. The maximum absolute atomic E-state index is 12.9. The third-order valence-corrected chi connectivity index (χ3v) is 7.96. The van der Waals surface area contributed by atoms with Crippen molar-refractivity contribution in [2.75, 3.05) is 25.2 Å². The molecule has 0 radical (unpaired) electrons. The molecule has 0 bridgehead atoms. The van der Waals surface area contributed by atoms with Gasteiger partial charge in [0, 0.05) is 5.38 Å². The van der Waals surface area contributed by atoms with Crippen LogP contribution in [0.5, 0.6) is 11.5 Å². The second-order valence-electron chi connectivity index (χ2n) is 6.94. The number of carbonyl (C=O) groups is 2. The first-order chi connectivity index (χ1) is 14.3. The van der Waals surface area contributed by atoms with Gasteiger partial charge in [-0.05, 0) is 37.5 Å². The number of ether oxygens (including phenoxy) is 2. The van der Waals surface area contributed by atoms with Gasteiger partial charge in [0.2, 0.25) is 0 Å². The highest BCUT2D eigenvalue weighted by molar-refractivity contribution is 7.92. The largest absolute Gasteiger partial charge is 0.493 e. The first-order valence-electron chi connectivity index (χ1n) is 9.46. The van der Waals surface area contributed by atoms with Crippen LogP contribution in [-0.4, -0.2) is 45.3 Å². The lowest BCUT2D eigenvalue weighted by Gasteiger charge is -2.21. The Morgan fingerprint density at radius 2 is 2.10 bits per heavy atom. The second kappa shape index (κ2) is 9.05. The number of carbonyl (C=O) groups excluding carboxylic acids is 2. The highest BCUT2D eigenvalue weighted by Crippen LogP contribution is 2.34. The summed E-state index contributed by atoms with van der Waals surface area (Å²) >= 11 is 1.08. The van der Waals surface area contributed by atoms with Crippen molar-refractivity contribution in [2.24, 2.45) is 0 Å². The number of sulfone groups is 1. The highest BCUT2D eigenvalue weighted by atomic mass is 32.2. The van der Waals surface area contributed by atoms with Crippen LogP contribution >= 0.6 is 11.3 Å². The molecule has 3 N–H and O–H groups in total. The van der Waals surface area contributed by atoms with Gasteiger partial charge < -0.3 is 20.5 Å². The van der Waals surface area contributed by atoms with Crippen molar-refractivity contribution >= 4 is 38.4 Å². The second-order valence-corrected chi connectivity index (χ2v) is 10.2. The fraction of sp³-hybridized carbons (Fsp3) is 0.400. The molecule has 1 unspecified atom stereocenters. The minimum atomic E-state index is -3.39. The number of amides is 1. The van der Waals surface area contributed by atoms with Crippen molar-refractivity contribution < 1.29 is 27.5 Å². The van der Waals surface area contributed by atoms with Crippen LogP contribution in [0.25, 0.3) is 0 Å². The van der Waals surface area contributed by atoms with Gasteiger partial charge in [-0.2, -0.15) is 0 Å². The number of nitrogens with two attached hydrogens (primary N) is 1. The Hall–Kier alpha value is -2.59. The summed E-state index contributed by atoms with van der Waals surface area (Å²) in [6.45, 7) is 2.22. The van der Waals surface area contributed by atoms with Crippen LogP contribution in [0.4, 0.5) is 5.00 Å². The monoisotopic (exact) mass is 452 g/mol. The van der Waals surface area contributed by atoms with Crippen molar-refractivity contribution in [2.45, 2.75) is 31.1 Å². The number of hydrogen-bond donors (Lipinski definition) is 2. The van der Waals surface area contributed by atoms with E-state index in [1.165, 1.54) is 12.5 Å². The molecule has 8 nitrogen and oxygen atoms in total. The van der Waals surface area contributed by atoms with E-state index in [1.807, 2.05) is 6.92 Å². The van der Waals surface area contributed by atoms with E-state index in [2.05, 4.69) is 5.32 Å². The summed E-state index contributed by atoms with van der Waals surface area (Å²) in [7, 11) is -1.88. The van der Waals surface area contributed by atoms with Crippen molar-refractivity contribution in [1.29, 1.82) is 0 Å². The van der Waals surface area contributed by atoms with Crippen LogP contribution in [0.15, 0.2) is 23.6 Å². The van der Waals surface area contributed by atoms with Gasteiger partial charge in [0.1, 0.15) is 0 Å². The lowest BCUT2D eigenvalue weighted by molar-refractivity contribution is 0.0936. The fourth-order valence-corrected chi connectivity index (χ4v) is 5.74. The summed E-state index contributed by atoms with van der Waals surface area (Å²) in [6, 6.07) is 4.20. The molecule has 1 aromatic heterocycles. The van der Waals surface area contributed by atoms with Gasteiger partial charge in [-0.1, -0.05) is 6.07 Å². The number of benzene rings is 1. The summed E-state index contributed by atoms with van der Waals surface area (Å²) in [5, 5.41) is 4.11. The highest BCUT2D eigenvalue weighted by Gasteiger charge is 2.38. The van der Waals surface area contributed by atoms with Crippen LogP contribution in [0.1, 0.15) is 52.1 Å². The molecule has 0 saturated heterocycles. The van der Waals surface area contributed by atoms with Crippen LogP contribution in [0.2, 0.25) is 0 Å². The van der Waals surface area contributed by atoms with Crippen LogP contribution < -0.4 is 20.5 Å². The first-order valence-corrected chi connectivity index (χ1v) is 12.1. The molecule has 10 heteroatoms. The summed E-state index contributed by atoms with van der Waals surface area (Å²) in [5.41, 5.74) is 6.54. The molecule has 30 heavy (non-hydrogen) atoms. The summed E-state index contributed by atoms with van der Waals surface area (Å²) in [4.78, 5) is 24.2. The summed E-state index contributed by atoms with van der Waals surface area (Å²) < 4.78 is 36.2. The third kappa shape index (κ3) is 4.76. The molecule has 162 valence electrons. The minimum Gasteiger partial charge on any atom is -0.493 e. The van der Waals surface area contributed by atoms with Crippen LogP contribution in [0.3, 0.4) is 0 Å². The molecule has 1 saturated carbocycles. The number of methoxy groups -OCH3 is 1. The smallest absolute Gasteiger partial charge is 0.253 e. The molecule has 0 spiro atoms.